The van der Waals surface area contributed by atoms with E-state index in [-0.39, 0.29) is 29.0 Å². The predicted molar refractivity (Wildman–Crippen MR) is 124 cm³/mol. The molecule has 1 saturated carbocycles. The van der Waals surface area contributed by atoms with Gasteiger partial charge in [-0.05, 0) is 38.8 Å². The summed E-state index contributed by atoms with van der Waals surface area (Å²) in [5, 5.41) is 2.49. The maximum atomic E-state index is 13.7. The molecule has 0 bridgehead atoms. The van der Waals surface area contributed by atoms with Crippen LogP contribution in [-0.2, 0) is 19.1 Å². The van der Waals surface area contributed by atoms with E-state index in [0.29, 0.717) is 5.56 Å². The second-order valence-corrected chi connectivity index (χ2v) is 8.26. The van der Waals surface area contributed by atoms with Gasteiger partial charge in [-0.2, -0.15) is 0 Å². The van der Waals surface area contributed by atoms with Crippen LogP contribution < -0.4 is 19.5 Å². The Kier molecular flexibility index (Phi) is 8.81. The van der Waals surface area contributed by atoms with Crippen LogP contribution in [0.3, 0.4) is 0 Å². The van der Waals surface area contributed by atoms with Crippen molar-refractivity contribution in [3.8, 4) is 17.2 Å². The third-order valence-electron chi connectivity index (χ3n) is 5.34. The molecule has 1 aliphatic rings. The van der Waals surface area contributed by atoms with Crippen molar-refractivity contribution < 1.29 is 42.5 Å². The topological polar surface area (TPSA) is 122 Å². The molecule has 11 heteroatoms. The van der Waals surface area contributed by atoms with Gasteiger partial charge in [0, 0.05) is 30.8 Å². The number of carbonyl (C=O) groups excluding carboxylic acids is 3. The Labute approximate surface area is 208 Å². The third kappa shape index (κ3) is 6.69. The van der Waals surface area contributed by atoms with E-state index in [1.54, 1.807) is 6.92 Å². The van der Waals surface area contributed by atoms with Crippen LogP contribution in [0, 0.1) is 5.82 Å². The van der Waals surface area contributed by atoms with Crippen LogP contribution in [0.15, 0.2) is 30.5 Å². The number of aromatic nitrogens is 1. The number of ether oxygens (including phenoxy) is 5. The number of methoxy groups -OCH3 is 2. The lowest BCUT2D eigenvalue weighted by atomic mass is 10.0. The molecule has 194 valence electrons. The van der Waals surface area contributed by atoms with Crippen molar-refractivity contribution in [2.45, 2.75) is 58.0 Å². The number of hydrogen-bond donors (Lipinski definition) is 1. The highest BCUT2D eigenvalue weighted by molar-refractivity contribution is 5.98. The fourth-order valence-electron chi connectivity index (χ4n) is 3.43. The Balaban J connectivity index is 1.73. The monoisotopic (exact) mass is 504 g/mol. The average molecular weight is 505 g/mol. The second-order valence-electron chi connectivity index (χ2n) is 8.26. The highest BCUT2D eigenvalue weighted by atomic mass is 19.1. The maximum absolute atomic E-state index is 13.7. The SMILES string of the molecule is COc1cc(F)ccc1[C@H](OC1CC1)[C@H](C)OC(=O)[C@H](C)NC(=O)c1nccc(OC)c1OC(C)=O. The highest BCUT2D eigenvalue weighted by Gasteiger charge is 2.35. The molecule has 1 N–H and O–H groups in total. The second kappa shape index (κ2) is 11.8. The molecule has 0 saturated heterocycles. The Morgan fingerprint density at radius 3 is 2.39 bits per heavy atom. The van der Waals surface area contributed by atoms with Crippen molar-refractivity contribution in [2.75, 3.05) is 14.2 Å². The lowest BCUT2D eigenvalue weighted by Crippen LogP contribution is -2.42. The number of esters is 2. The molecule has 2 aromatic rings. The zero-order valence-corrected chi connectivity index (χ0v) is 20.7. The Morgan fingerprint density at radius 1 is 1.08 bits per heavy atom. The van der Waals surface area contributed by atoms with E-state index in [9.17, 15) is 18.8 Å². The molecule has 1 aromatic carbocycles. The lowest BCUT2D eigenvalue weighted by Gasteiger charge is -2.27. The molecule has 0 spiro atoms. The third-order valence-corrected chi connectivity index (χ3v) is 5.34. The van der Waals surface area contributed by atoms with Gasteiger partial charge < -0.3 is 29.0 Å². The van der Waals surface area contributed by atoms with Gasteiger partial charge in [0.2, 0.25) is 5.75 Å². The van der Waals surface area contributed by atoms with Crippen molar-refractivity contribution in [3.05, 3.63) is 47.5 Å². The first-order chi connectivity index (χ1) is 17.1. The number of nitrogens with zero attached hydrogens (tertiary/aromatic N) is 1. The fraction of sp³-hybridized carbons (Fsp3) is 0.440. The van der Waals surface area contributed by atoms with Gasteiger partial charge >= 0.3 is 11.9 Å². The molecule has 36 heavy (non-hydrogen) atoms. The van der Waals surface area contributed by atoms with Crippen molar-refractivity contribution in [1.29, 1.82) is 0 Å². The van der Waals surface area contributed by atoms with E-state index >= 15 is 0 Å². The first-order valence-electron chi connectivity index (χ1n) is 11.4. The predicted octanol–water partition coefficient (Wildman–Crippen LogP) is 3.13. The summed E-state index contributed by atoms with van der Waals surface area (Å²) in [7, 11) is 2.76. The number of pyridine rings is 1. The molecule has 1 fully saturated rings. The summed E-state index contributed by atoms with van der Waals surface area (Å²) in [6, 6.07) is 4.38. The number of benzene rings is 1. The number of amides is 1. The number of halogens is 1. The first kappa shape index (κ1) is 26.9. The first-order valence-corrected chi connectivity index (χ1v) is 11.4. The van der Waals surface area contributed by atoms with Gasteiger partial charge in [-0.15, -0.1) is 0 Å². The summed E-state index contributed by atoms with van der Waals surface area (Å²) >= 11 is 0. The van der Waals surface area contributed by atoms with Gasteiger partial charge in [0.05, 0.1) is 20.3 Å². The summed E-state index contributed by atoms with van der Waals surface area (Å²) in [5.74, 6) is -2.42. The Morgan fingerprint density at radius 2 is 1.78 bits per heavy atom. The zero-order valence-electron chi connectivity index (χ0n) is 20.7. The molecule has 10 nitrogen and oxygen atoms in total. The van der Waals surface area contributed by atoms with Crippen LogP contribution >= 0.6 is 0 Å². The molecule has 3 rings (SSSR count). The van der Waals surface area contributed by atoms with Gasteiger partial charge in [0.1, 0.15) is 29.8 Å². The van der Waals surface area contributed by atoms with Crippen LogP contribution in [0.1, 0.15) is 55.8 Å². The summed E-state index contributed by atoms with van der Waals surface area (Å²) in [6.07, 6.45) is 1.54. The van der Waals surface area contributed by atoms with E-state index in [1.165, 1.54) is 58.5 Å². The lowest BCUT2D eigenvalue weighted by molar-refractivity contribution is -0.159. The normalized spacial score (nSPS) is 15.3. The molecule has 1 aliphatic carbocycles. The van der Waals surface area contributed by atoms with Crippen molar-refractivity contribution in [1.82, 2.24) is 10.3 Å². The van der Waals surface area contributed by atoms with Crippen LogP contribution in [0.25, 0.3) is 0 Å². The molecule has 0 aliphatic heterocycles. The van der Waals surface area contributed by atoms with Crippen molar-refractivity contribution in [2.24, 2.45) is 0 Å². The fourth-order valence-corrected chi connectivity index (χ4v) is 3.43. The molecule has 3 atom stereocenters. The minimum absolute atomic E-state index is 0.00173. The van der Waals surface area contributed by atoms with E-state index in [4.69, 9.17) is 23.7 Å². The van der Waals surface area contributed by atoms with Crippen LogP contribution in [-0.4, -0.2) is 55.3 Å². The zero-order chi connectivity index (χ0) is 26.4. The Bertz CT molecular complexity index is 1120. The van der Waals surface area contributed by atoms with Crippen LogP contribution in [0.4, 0.5) is 4.39 Å². The van der Waals surface area contributed by atoms with Gasteiger partial charge in [0.15, 0.2) is 11.4 Å². The number of carbonyl (C=O) groups is 3. The minimum Gasteiger partial charge on any atom is -0.496 e. The van der Waals surface area contributed by atoms with E-state index in [2.05, 4.69) is 10.3 Å². The van der Waals surface area contributed by atoms with Gasteiger partial charge in [-0.25, -0.2) is 14.2 Å². The quantitative estimate of drug-likeness (QED) is 0.460. The molecule has 1 amide bonds. The van der Waals surface area contributed by atoms with Gasteiger partial charge in [-0.3, -0.25) is 9.59 Å². The van der Waals surface area contributed by atoms with Gasteiger partial charge in [0.25, 0.3) is 5.91 Å². The van der Waals surface area contributed by atoms with E-state index < -0.39 is 41.9 Å². The molecule has 1 aromatic heterocycles. The molecular formula is C25H29FN2O8. The molecule has 0 unspecified atom stereocenters. The van der Waals surface area contributed by atoms with Crippen LogP contribution in [0.2, 0.25) is 0 Å². The Hall–Kier alpha value is -3.73. The van der Waals surface area contributed by atoms with Crippen molar-refractivity contribution in [3.63, 3.8) is 0 Å². The van der Waals surface area contributed by atoms with Crippen molar-refractivity contribution >= 4 is 17.8 Å². The minimum atomic E-state index is -1.09. The largest absolute Gasteiger partial charge is 0.496 e. The van der Waals surface area contributed by atoms with E-state index in [0.717, 1.165) is 12.8 Å². The maximum Gasteiger partial charge on any atom is 0.328 e. The summed E-state index contributed by atoms with van der Waals surface area (Å²) < 4.78 is 40.9. The number of nitrogens with one attached hydrogen (secondary N) is 1. The van der Waals surface area contributed by atoms with Gasteiger partial charge in [-0.1, -0.05) is 0 Å². The smallest absolute Gasteiger partial charge is 0.328 e. The summed E-state index contributed by atoms with van der Waals surface area (Å²) in [6.45, 7) is 4.25. The molecule has 0 radical (unpaired) electrons. The molecular weight excluding hydrogens is 475 g/mol. The standard InChI is InChI=1S/C25H29FN2O8/c1-13(28-24(30)21-23(35-15(3)29)19(32-4)10-11-27-21)25(31)34-14(2)22(36-17-7-8-17)18-9-6-16(26)12-20(18)33-5/h6,9-14,17,22H,7-8H2,1-5H3,(H,28,30)/t13-,14-,22+/m0/s1. The van der Waals surface area contributed by atoms with E-state index in [1.807, 2.05) is 0 Å². The number of rotatable bonds is 11. The number of hydrogen-bond acceptors (Lipinski definition) is 9. The van der Waals surface area contributed by atoms with Crippen LogP contribution in [0.5, 0.6) is 17.2 Å². The summed E-state index contributed by atoms with van der Waals surface area (Å²) in [4.78, 5) is 41.1. The summed E-state index contributed by atoms with van der Waals surface area (Å²) in [5.41, 5.74) is 0.303. The highest BCUT2D eigenvalue weighted by Crippen LogP contribution is 2.38. The molecule has 1 heterocycles. The average Bonchev–Trinajstić information content (AvgIpc) is 3.66.